The van der Waals surface area contributed by atoms with Gasteiger partial charge in [-0.2, -0.15) is 13.2 Å². The van der Waals surface area contributed by atoms with Crippen molar-refractivity contribution in [3.05, 3.63) is 12.4 Å². The van der Waals surface area contributed by atoms with E-state index in [1.807, 2.05) is 11.8 Å². The summed E-state index contributed by atoms with van der Waals surface area (Å²) in [6.45, 7) is 3.16. The normalized spacial score (nSPS) is 18.6. The zero-order chi connectivity index (χ0) is 15.5. The van der Waals surface area contributed by atoms with E-state index in [9.17, 15) is 18.3 Å². The number of ether oxygens (including phenoxy) is 1. The van der Waals surface area contributed by atoms with Gasteiger partial charge in [0, 0.05) is 19.2 Å². The second kappa shape index (κ2) is 6.46. The second-order valence-electron chi connectivity index (χ2n) is 4.96. The van der Waals surface area contributed by atoms with Gasteiger partial charge in [-0.1, -0.05) is 0 Å². The summed E-state index contributed by atoms with van der Waals surface area (Å²) in [6, 6.07) is 1.67. The quantitative estimate of drug-likeness (QED) is 0.922. The third kappa shape index (κ3) is 3.96. The fourth-order valence-corrected chi connectivity index (χ4v) is 2.44. The van der Waals surface area contributed by atoms with Crippen molar-refractivity contribution in [1.82, 2.24) is 9.97 Å². The number of aromatic nitrogens is 2. The monoisotopic (exact) mass is 305 g/mol. The second-order valence-corrected chi connectivity index (χ2v) is 4.96. The molecule has 8 heteroatoms. The lowest BCUT2D eigenvalue weighted by molar-refractivity contribution is -0.221. The van der Waals surface area contributed by atoms with E-state index in [1.54, 1.807) is 6.07 Å². The Morgan fingerprint density at radius 3 is 2.62 bits per heavy atom. The number of aliphatic hydroxyl groups excluding tert-OH is 1. The molecule has 0 unspecified atom stereocenters. The number of nitrogens with zero attached hydrogens (tertiary/aromatic N) is 3. The van der Waals surface area contributed by atoms with E-state index in [0.29, 0.717) is 31.4 Å². The molecule has 0 radical (unpaired) electrons. The van der Waals surface area contributed by atoms with Gasteiger partial charge in [-0.3, -0.25) is 0 Å². The Morgan fingerprint density at radius 2 is 2.05 bits per heavy atom. The van der Waals surface area contributed by atoms with Crippen LogP contribution in [0.25, 0.3) is 0 Å². The van der Waals surface area contributed by atoms with Gasteiger partial charge < -0.3 is 14.7 Å². The van der Waals surface area contributed by atoms with Crippen molar-refractivity contribution >= 4 is 5.82 Å². The molecule has 0 spiro atoms. The molecule has 0 amide bonds. The first kappa shape index (κ1) is 15.8. The minimum Gasteiger partial charge on any atom is -0.478 e. The number of piperidine rings is 1. The lowest BCUT2D eigenvalue weighted by Crippen LogP contribution is -2.43. The van der Waals surface area contributed by atoms with Crippen molar-refractivity contribution in [2.45, 2.75) is 32.0 Å². The predicted molar refractivity (Wildman–Crippen MR) is 70.2 cm³/mol. The Morgan fingerprint density at radius 1 is 1.38 bits per heavy atom. The molecule has 1 aromatic heterocycles. The Kier molecular flexibility index (Phi) is 4.87. The van der Waals surface area contributed by atoms with Crippen LogP contribution < -0.4 is 9.64 Å². The predicted octanol–water partition coefficient (Wildman–Crippen LogP) is 2.01. The van der Waals surface area contributed by atoms with Gasteiger partial charge in [-0.25, -0.2) is 9.97 Å². The van der Waals surface area contributed by atoms with Gasteiger partial charge in [0.15, 0.2) is 6.10 Å². The van der Waals surface area contributed by atoms with E-state index in [0.717, 1.165) is 0 Å². The summed E-state index contributed by atoms with van der Waals surface area (Å²) in [4.78, 5) is 9.94. The average molecular weight is 305 g/mol. The number of halogens is 3. The van der Waals surface area contributed by atoms with Crippen molar-refractivity contribution in [1.29, 1.82) is 0 Å². The summed E-state index contributed by atoms with van der Waals surface area (Å²) in [5, 5.41) is 9.29. The maximum atomic E-state index is 12.5. The molecule has 0 bridgehead atoms. The van der Waals surface area contributed by atoms with Crippen LogP contribution in [0.2, 0.25) is 0 Å². The lowest BCUT2D eigenvalue weighted by Gasteiger charge is -2.35. The summed E-state index contributed by atoms with van der Waals surface area (Å²) < 4.78 is 42.7. The number of alkyl halides is 3. The minimum absolute atomic E-state index is 0.272. The number of hydrogen-bond acceptors (Lipinski definition) is 5. The molecule has 118 valence electrons. The van der Waals surface area contributed by atoms with Crippen molar-refractivity contribution in [2.75, 3.05) is 24.6 Å². The molecule has 1 saturated heterocycles. The molecule has 0 aromatic carbocycles. The number of aliphatic hydroxyl groups is 1. The van der Waals surface area contributed by atoms with Crippen molar-refractivity contribution in [3.8, 4) is 5.88 Å². The average Bonchev–Trinajstić information content (AvgIpc) is 2.46. The van der Waals surface area contributed by atoms with Gasteiger partial charge in [0.25, 0.3) is 0 Å². The van der Waals surface area contributed by atoms with Crippen molar-refractivity contribution in [2.24, 2.45) is 5.92 Å². The molecule has 5 nitrogen and oxygen atoms in total. The topological polar surface area (TPSA) is 58.5 Å². The van der Waals surface area contributed by atoms with Crippen molar-refractivity contribution < 1.29 is 23.0 Å². The Labute approximate surface area is 120 Å². The highest BCUT2D eigenvalue weighted by atomic mass is 19.4. The number of anilines is 1. The smallest absolute Gasteiger partial charge is 0.414 e. The zero-order valence-electron chi connectivity index (χ0n) is 11.7. The highest BCUT2D eigenvalue weighted by Crippen LogP contribution is 2.32. The van der Waals surface area contributed by atoms with Crippen LogP contribution in [0.5, 0.6) is 5.88 Å². The third-order valence-corrected chi connectivity index (χ3v) is 3.57. The van der Waals surface area contributed by atoms with E-state index >= 15 is 0 Å². The standard InChI is InChI=1S/C13H18F3N3O2/c1-2-21-11-7-10(17-8-18-11)19-5-3-9(4-6-19)12(20)13(14,15)16/h7-9,12,20H,2-6H2,1H3/t12-/m0/s1. The fourth-order valence-electron chi connectivity index (χ4n) is 2.44. The molecular weight excluding hydrogens is 287 g/mol. The summed E-state index contributed by atoms with van der Waals surface area (Å²) >= 11 is 0. The highest BCUT2D eigenvalue weighted by molar-refractivity contribution is 5.41. The molecule has 0 aliphatic carbocycles. The van der Waals surface area contributed by atoms with Gasteiger partial charge in [0.05, 0.1) is 6.61 Å². The molecule has 2 heterocycles. The molecule has 1 N–H and O–H groups in total. The summed E-state index contributed by atoms with van der Waals surface area (Å²) in [5.74, 6) is 0.322. The Balaban J connectivity index is 1.96. The first-order chi connectivity index (χ1) is 9.91. The SMILES string of the molecule is CCOc1cc(N2CCC([C@H](O)C(F)(F)F)CC2)ncn1. The Hall–Kier alpha value is -1.57. The molecule has 1 atom stereocenters. The maximum absolute atomic E-state index is 12.5. The summed E-state index contributed by atoms with van der Waals surface area (Å²) in [5.41, 5.74) is 0. The lowest BCUT2D eigenvalue weighted by atomic mass is 9.91. The number of rotatable bonds is 4. The van der Waals surface area contributed by atoms with Crippen LogP contribution >= 0.6 is 0 Å². The zero-order valence-corrected chi connectivity index (χ0v) is 11.7. The maximum Gasteiger partial charge on any atom is 0.414 e. The third-order valence-electron chi connectivity index (χ3n) is 3.57. The molecule has 0 saturated carbocycles. The molecule has 2 rings (SSSR count). The number of hydrogen-bond donors (Lipinski definition) is 1. The van der Waals surface area contributed by atoms with Crippen LogP contribution in [0.4, 0.5) is 19.0 Å². The van der Waals surface area contributed by atoms with Crippen LogP contribution in [-0.2, 0) is 0 Å². The van der Waals surface area contributed by atoms with Crippen molar-refractivity contribution in [3.63, 3.8) is 0 Å². The first-order valence-corrected chi connectivity index (χ1v) is 6.86. The van der Waals surface area contributed by atoms with Gasteiger partial charge in [0.2, 0.25) is 5.88 Å². The summed E-state index contributed by atoms with van der Waals surface area (Å²) in [6.07, 6.45) is -4.88. The summed E-state index contributed by atoms with van der Waals surface area (Å²) in [7, 11) is 0. The van der Waals surface area contributed by atoms with E-state index in [2.05, 4.69) is 9.97 Å². The highest BCUT2D eigenvalue weighted by Gasteiger charge is 2.44. The van der Waals surface area contributed by atoms with Crippen LogP contribution in [0.1, 0.15) is 19.8 Å². The van der Waals surface area contributed by atoms with Gasteiger partial charge in [-0.05, 0) is 25.7 Å². The minimum atomic E-state index is -4.55. The van der Waals surface area contributed by atoms with E-state index in [4.69, 9.17) is 4.74 Å². The molecule has 1 aliphatic rings. The van der Waals surface area contributed by atoms with Crippen LogP contribution in [0, 0.1) is 5.92 Å². The fraction of sp³-hybridized carbons (Fsp3) is 0.692. The molecular formula is C13H18F3N3O2. The first-order valence-electron chi connectivity index (χ1n) is 6.86. The van der Waals surface area contributed by atoms with Gasteiger partial charge >= 0.3 is 6.18 Å². The van der Waals surface area contributed by atoms with Crippen LogP contribution in [-0.4, -0.2) is 47.1 Å². The van der Waals surface area contributed by atoms with E-state index in [1.165, 1.54) is 6.33 Å². The molecule has 1 aromatic rings. The van der Waals surface area contributed by atoms with Gasteiger partial charge in [-0.15, -0.1) is 0 Å². The van der Waals surface area contributed by atoms with E-state index < -0.39 is 18.2 Å². The Bertz CT molecular complexity index is 462. The molecule has 21 heavy (non-hydrogen) atoms. The van der Waals surface area contributed by atoms with Crippen LogP contribution in [0.3, 0.4) is 0 Å². The molecule has 1 fully saturated rings. The van der Waals surface area contributed by atoms with E-state index in [-0.39, 0.29) is 12.8 Å². The largest absolute Gasteiger partial charge is 0.478 e. The van der Waals surface area contributed by atoms with Gasteiger partial charge in [0.1, 0.15) is 12.1 Å². The van der Waals surface area contributed by atoms with Crippen LogP contribution in [0.15, 0.2) is 12.4 Å². The molecule has 1 aliphatic heterocycles.